The van der Waals surface area contributed by atoms with Gasteiger partial charge in [0.2, 0.25) is 0 Å². The van der Waals surface area contributed by atoms with Gasteiger partial charge in [-0.1, -0.05) is 27.7 Å². The Morgan fingerprint density at radius 1 is 1.15 bits per heavy atom. The topological polar surface area (TPSA) is 44.0 Å². The third-order valence-electron chi connectivity index (χ3n) is 2.87. The van der Waals surface area contributed by atoms with E-state index in [2.05, 4.69) is 26.8 Å². The summed E-state index contributed by atoms with van der Waals surface area (Å²) in [6.45, 7) is 11.8. The summed E-state index contributed by atoms with van der Waals surface area (Å²) in [5.41, 5.74) is -0.625. The maximum Gasteiger partial charge on any atom is 0.0779 e. The Labute approximate surface area is 81.6 Å². The van der Waals surface area contributed by atoms with Crippen LogP contribution in [0.2, 0.25) is 0 Å². The molecule has 0 amide bonds. The van der Waals surface area contributed by atoms with E-state index in [0.717, 1.165) is 0 Å². The normalized spacial score (nSPS) is 17.7. The van der Waals surface area contributed by atoms with Crippen molar-refractivity contribution in [3.63, 3.8) is 0 Å². The summed E-state index contributed by atoms with van der Waals surface area (Å²) >= 11 is 0. The zero-order valence-corrected chi connectivity index (χ0v) is 9.55. The number of hydrogen-bond donors (Lipinski definition) is 1. The highest BCUT2D eigenvalue weighted by atomic mass is 16.3. The number of rotatable bonds is 2. The molecule has 0 bridgehead atoms. The van der Waals surface area contributed by atoms with Gasteiger partial charge >= 0.3 is 0 Å². The summed E-state index contributed by atoms with van der Waals surface area (Å²) in [6.07, 6.45) is -0.572. The Morgan fingerprint density at radius 3 is 1.77 bits per heavy atom. The lowest BCUT2D eigenvalue weighted by Crippen LogP contribution is -2.39. The predicted molar refractivity (Wildman–Crippen MR) is 54.0 cm³/mol. The van der Waals surface area contributed by atoms with Crippen LogP contribution in [0.4, 0.5) is 0 Å². The smallest absolute Gasteiger partial charge is 0.0779 e. The number of nitriles is 1. The minimum atomic E-state index is -0.660. The molecule has 76 valence electrons. The van der Waals surface area contributed by atoms with Crippen molar-refractivity contribution in [2.75, 3.05) is 0 Å². The van der Waals surface area contributed by atoms with Crippen LogP contribution in [-0.2, 0) is 0 Å². The zero-order valence-electron chi connectivity index (χ0n) is 9.55. The molecule has 13 heavy (non-hydrogen) atoms. The summed E-state index contributed by atoms with van der Waals surface area (Å²) < 4.78 is 0. The monoisotopic (exact) mass is 183 g/mol. The van der Waals surface area contributed by atoms with Gasteiger partial charge in [-0.05, 0) is 25.2 Å². The first kappa shape index (κ1) is 12.4. The highest BCUT2D eigenvalue weighted by Gasteiger charge is 2.37. The Morgan fingerprint density at radius 2 is 1.54 bits per heavy atom. The van der Waals surface area contributed by atoms with Crippen LogP contribution in [0.3, 0.4) is 0 Å². The van der Waals surface area contributed by atoms with Crippen molar-refractivity contribution >= 4 is 0 Å². The highest BCUT2D eigenvalue weighted by Crippen LogP contribution is 2.35. The molecule has 0 aromatic heterocycles. The molecule has 2 unspecified atom stereocenters. The van der Waals surface area contributed by atoms with Gasteiger partial charge in [0.15, 0.2) is 0 Å². The second kappa shape index (κ2) is 3.67. The van der Waals surface area contributed by atoms with E-state index in [1.165, 1.54) is 0 Å². The van der Waals surface area contributed by atoms with Gasteiger partial charge in [0.05, 0.1) is 17.6 Å². The molecule has 0 saturated carbocycles. The fourth-order valence-electron chi connectivity index (χ4n) is 1.16. The molecule has 0 aromatic carbocycles. The van der Waals surface area contributed by atoms with Gasteiger partial charge in [-0.3, -0.25) is 0 Å². The molecule has 0 spiro atoms. The number of aliphatic hydroxyl groups is 1. The molecule has 1 N–H and O–H groups in total. The molecule has 0 aliphatic rings. The van der Waals surface area contributed by atoms with Crippen LogP contribution in [0.15, 0.2) is 0 Å². The summed E-state index contributed by atoms with van der Waals surface area (Å²) in [7, 11) is 0. The van der Waals surface area contributed by atoms with Gasteiger partial charge in [0, 0.05) is 0 Å². The van der Waals surface area contributed by atoms with Crippen LogP contribution in [0.1, 0.15) is 41.5 Å². The van der Waals surface area contributed by atoms with Gasteiger partial charge < -0.3 is 5.11 Å². The third kappa shape index (κ3) is 3.00. The van der Waals surface area contributed by atoms with Crippen molar-refractivity contribution in [1.82, 2.24) is 0 Å². The first-order valence-corrected chi connectivity index (χ1v) is 4.72. The highest BCUT2D eigenvalue weighted by molar-refractivity contribution is 5.00. The van der Waals surface area contributed by atoms with E-state index in [1.807, 2.05) is 6.92 Å². The van der Waals surface area contributed by atoms with Crippen molar-refractivity contribution in [3.05, 3.63) is 0 Å². The average Bonchev–Trinajstić information content (AvgIpc) is 2.00. The SMILES string of the molecule is CC(C(O)C(C)(C)C#N)C(C)(C)C. The Kier molecular flexibility index (Phi) is 3.52. The van der Waals surface area contributed by atoms with Gasteiger partial charge in [-0.25, -0.2) is 0 Å². The van der Waals surface area contributed by atoms with E-state index < -0.39 is 11.5 Å². The molecule has 0 saturated heterocycles. The summed E-state index contributed by atoms with van der Waals surface area (Å²) in [4.78, 5) is 0. The number of aliphatic hydroxyl groups excluding tert-OH is 1. The van der Waals surface area contributed by atoms with Crippen molar-refractivity contribution in [2.45, 2.75) is 47.6 Å². The second-order valence-corrected chi connectivity index (χ2v) is 5.43. The fraction of sp³-hybridized carbons (Fsp3) is 0.909. The lowest BCUT2D eigenvalue weighted by molar-refractivity contribution is -0.00617. The van der Waals surface area contributed by atoms with E-state index in [9.17, 15) is 5.11 Å². The van der Waals surface area contributed by atoms with Gasteiger partial charge in [-0.2, -0.15) is 5.26 Å². The molecule has 0 radical (unpaired) electrons. The van der Waals surface area contributed by atoms with Gasteiger partial charge in [0.25, 0.3) is 0 Å². The standard InChI is InChI=1S/C11H21NO/c1-8(10(2,3)4)9(13)11(5,6)7-12/h8-9,13H,1-6H3. The lowest BCUT2D eigenvalue weighted by Gasteiger charge is -2.36. The minimum absolute atomic E-state index is 0.0353. The summed E-state index contributed by atoms with van der Waals surface area (Å²) in [5, 5.41) is 18.8. The van der Waals surface area contributed by atoms with Crippen LogP contribution in [0.5, 0.6) is 0 Å². The van der Waals surface area contributed by atoms with E-state index in [-0.39, 0.29) is 11.3 Å². The van der Waals surface area contributed by atoms with Crippen LogP contribution < -0.4 is 0 Å². The molecule has 2 nitrogen and oxygen atoms in total. The zero-order chi connectivity index (χ0) is 10.9. The Bertz CT molecular complexity index is 207. The molecule has 2 atom stereocenters. The summed E-state index contributed by atoms with van der Waals surface area (Å²) in [5.74, 6) is 0.113. The molecule has 2 heteroatoms. The first-order valence-electron chi connectivity index (χ1n) is 4.72. The van der Waals surface area contributed by atoms with Crippen LogP contribution in [0.25, 0.3) is 0 Å². The Hall–Kier alpha value is -0.550. The second-order valence-electron chi connectivity index (χ2n) is 5.43. The van der Waals surface area contributed by atoms with Crippen LogP contribution >= 0.6 is 0 Å². The maximum absolute atomic E-state index is 9.96. The molecule has 0 rings (SSSR count). The van der Waals surface area contributed by atoms with Crippen molar-refractivity contribution in [3.8, 4) is 6.07 Å². The van der Waals surface area contributed by atoms with Crippen LogP contribution in [-0.4, -0.2) is 11.2 Å². The fourth-order valence-corrected chi connectivity index (χ4v) is 1.16. The largest absolute Gasteiger partial charge is 0.391 e. The molecular weight excluding hydrogens is 162 g/mol. The molecule has 0 heterocycles. The van der Waals surface area contributed by atoms with E-state index in [4.69, 9.17) is 5.26 Å². The van der Waals surface area contributed by atoms with E-state index >= 15 is 0 Å². The van der Waals surface area contributed by atoms with Crippen molar-refractivity contribution in [2.24, 2.45) is 16.7 Å². The maximum atomic E-state index is 9.96. The quantitative estimate of drug-likeness (QED) is 0.715. The molecule has 0 aromatic rings. The molecular formula is C11H21NO. The van der Waals surface area contributed by atoms with E-state index in [0.29, 0.717) is 0 Å². The minimum Gasteiger partial charge on any atom is -0.391 e. The number of hydrogen-bond acceptors (Lipinski definition) is 2. The van der Waals surface area contributed by atoms with Gasteiger partial charge in [-0.15, -0.1) is 0 Å². The summed E-state index contributed by atoms with van der Waals surface area (Å²) in [6, 6.07) is 2.14. The number of nitrogens with zero attached hydrogens (tertiary/aromatic N) is 1. The first-order chi connectivity index (χ1) is 5.63. The third-order valence-corrected chi connectivity index (χ3v) is 2.87. The predicted octanol–water partition coefficient (Wildman–Crippen LogP) is 2.58. The molecule has 0 aliphatic heterocycles. The molecule has 0 fully saturated rings. The van der Waals surface area contributed by atoms with Gasteiger partial charge in [0.1, 0.15) is 0 Å². The molecule has 0 aliphatic carbocycles. The Balaban J connectivity index is 4.64. The average molecular weight is 183 g/mol. The lowest BCUT2D eigenvalue weighted by atomic mass is 9.71. The van der Waals surface area contributed by atoms with Crippen LogP contribution in [0, 0.1) is 28.1 Å². The van der Waals surface area contributed by atoms with E-state index in [1.54, 1.807) is 13.8 Å². The van der Waals surface area contributed by atoms with Crippen molar-refractivity contribution in [1.29, 1.82) is 5.26 Å². The van der Waals surface area contributed by atoms with Crippen molar-refractivity contribution < 1.29 is 5.11 Å².